The molecule has 0 radical (unpaired) electrons. The van der Waals surface area contributed by atoms with Crippen molar-refractivity contribution in [1.82, 2.24) is 10.2 Å². The van der Waals surface area contributed by atoms with Crippen LogP contribution in [0.3, 0.4) is 0 Å². The Labute approximate surface area is 217 Å². The van der Waals surface area contributed by atoms with Gasteiger partial charge in [0.1, 0.15) is 24.1 Å². The van der Waals surface area contributed by atoms with Gasteiger partial charge in [-0.25, -0.2) is 8.42 Å². The number of amides is 2. The largest absolute Gasteiger partial charge is 0.497 e. The van der Waals surface area contributed by atoms with Crippen molar-refractivity contribution in [3.8, 4) is 11.5 Å². The summed E-state index contributed by atoms with van der Waals surface area (Å²) in [6.07, 6.45) is 0. The van der Waals surface area contributed by atoms with Crippen LogP contribution >= 0.6 is 0 Å². The maximum Gasteiger partial charge on any atom is 0.264 e. The van der Waals surface area contributed by atoms with Crippen molar-refractivity contribution in [3.05, 3.63) is 84.4 Å². The molecule has 1 N–H and O–H groups in total. The molecule has 37 heavy (non-hydrogen) atoms. The van der Waals surface area contributed by atoms with Gasteiger partial charge in [-0.1, -0.05) is 30.3 Å². The van der Waals surface area contributed by atoms with E-state index in [1.165, 1.54) is 38.3 Å². The van der Waals surface area contributed by atoms with Gasteiger partial charge in [0, 0.05) is 13.6 Å². The molecule has 0 bridgehead atoms. The van der Waals surface area contributed by atoms with Crippen molar-refractivity contribution in [2.75, 3.05) is 32.1 Å². The van der Waals surface area contributed by atoms with Gasteiger partial charge in [0.2, 0.25) is 11.8 Å². The fourth-order valence-electron chi connectivity index (χ4n) is 3.76. The number of ether oxygens (including phenoxy) is 2. The highest BCUT2D eigenvalue weighted by Crippen LogP contribution is 2.26. The van der Waals surface area contributed by atoms with Gasteiger partial charge in [0.15, 0.2) is 0 Å². The van der Waals surface area contributed by atoms with E-state index in [0.717, 1.165) is 9.87 Å². The van der Waals surface area contributed by atoms with Crippen LogP contribution in [-0.4, -0.2) is 59.0 Å². The molecule has 3 rings (SSSR count). The van der Waals surface area contributed by atoms with E-state index in [2.05, 4.69) is 5.32 Å². The summed E-state index contributed by atoms with van der Waals surface area (Å²) in [5.74, 6) is 0.219. The molecule has 0 saturated heterocycles. The number of methoxy groups -OCH3 is 2. The molecule has 3 aromatic carbocycles. The number of nitrogens with zero attached hydrogens (tertiary/aromatic N) is 2. The molecule has 0 saturated carbocycles. The first-order valence-electron chi connectivity index (χ1n) is 11.6. The number of carbonyl (C=O) groups excluding carboxylic acids is 2. The molecule has 0 aliphatic carbocycles. The second-order valence-corrected chi connectivity index (χ2v) is 10.0. The van der Waals surface area contributed by atoms with E-state index in [0.29, 0.717) is 11.5 Å². The number of sulfonamides is 1. The lowest BCUT2D eigenvalue weighted by Crippen LogP contribution is -2.50. The molecule has 9 nitrogen and oxygen atoms in total. The van der Waals surface area contributed by atoms with Gasteiger partial charge in [0.25, 0.3) is 10.0 Å². The normalized spacial score (nSPS) is 11.8. The van der Waals surface area contributed by atoms with Crippen LogP contribution in [0.25, 0.3) is 0 Å². The minimum atomic E-state index is -4.11. The van der Waals surface area contributed by atoms with Crippen molar-refractivity contribution < 1.29 is 27.5 Å². The van der Waals surface area contributed by atoms with Gasteiger partial charge >= 0.3 is 0 Å². The lowest BCUT2D eigenvalue weighted by Gasteiger charge is -2.31. The van der Waals surface area contributed by atoms with Gasteiger partial charge in [-0.15, -0.1) is 0 Å². The Balaban J connectivity index is 2.02. The van der Waals surface area contributed by atoms with E-state index in [4.69, 9.17) is 9.47 Å². The smallest absolute Gasteiger partial charge is 0.264 e. The highest BCUT2D eigenvalue weighted by atomic mass is 32.2. The van der Waals surface area contributed by atoms with Crippen LogP contribution in [0, 0.1) is 0 Å². The summed E-state index contributed by atoms with van der Waals surface area (Å²) in [4.78, 5) is 27.7. The number of hydrogen-bond acceptors (Lipinski definition) is 6. The third-order valence-corrected chi connectivity index (χ3v) is 7.66. The third kappa shape index (κ3) is 6.59. The molecule has 0 spiro atoms. The highest BCUT2D eigenvalue weighted by Gasteiger charge is 2.32. The summed E-state index contributed by atoms with van der Waals surface area (Å²) in [6, 6.07) is 20.5. The number of carbonyl (C=O) groups is 2. The number of likely N-dealkylation sites (N-methyl/N-ethyl adjacent to an activating group) is 1. The second kappa shape index (κ2) is 12.3. The van der Waals surface area contributed by atoms with E-state index in [9.17, 15) is 18.0 Å². The first-order valence-corrected chi connectivity index (χ1v) is 13.0. The molecular formula is C27H31N3O6S. The monoisotopic (exact) mass is 525 g/mol. The van der Waals surface area contributed by atoms with E-state index < -0.39 is 28.5 Å². The molecule has 0 unspecified atom stereocenters. The van der Waals surface area contributed by atoms with Crippen LogP contribution in [0.1, 0.15) is 12.5 Å². The Hall–Kier alpha value is -4.05. The predicted octanol–water partition coefficient (Wildman–Crippen LogP) is 3.06. The average molecular weight is 526 g/mol. The molecule has 10 heteroatoms. The van der Waals surface area contributed by atoms with Crippen molar-refractivity contribution in [1.29, 1.82) is 0 Å². The number of hydrogen-bond donors (Lipinski definition) is 1. The maximum absolute atomic E-state index is 13.7. The lowest BCUT2D eigenvalue weighted by atomic mass is 10.1. The molecule has 1 atom stereocenters. The highest BCUT2D eigenvalue weighted by molar-refractivity contribution is 7.92. The van der Waals surface area contributed by atoms with Crippen LogP contribution in [0.2, 0.25) is 0 Å². The number of rotatable bonds is 11. The zero-order chi connectivity index (χ0) is 27.0. The third-order valence-electron chi connectivity index (χ3n) is 5.87. The van der Waals surface area contributed by atoms with Gasteiger partial charge in [-0.05, 0) is 61.0 Å². The van der Waals surface area contributed by atoms with Gasteiger partial charge in [-0.2, -0.15) is 0 Å². The first-order chi connectivity index (χ1) is 17.7. The molecule has 196 valence electrons. The van der Waals surface area contributed by atoms with Gasteiger partial charge in [-0.3, -0.25) is 13.9 Å². The van der Waals surface area contributed by atoms with Gasteiger partial charge in [0.05, 0.1) is 24.8 Å². The minimum absolute atomic E-state index is 0.0392. The van der Waals surface area contributed by atoms with Crippen molar-refractivity contribution in [2.24, 2.45) is 0 Å². The van der Waals surface area contributed by atoms with Crippen LogP contribution < -0.4 is 19.1 Å². The Morgan fingerprint density at radius 1 is 0.892 bits per heavy atom. The van der Waals surface area contributed by atoms with E-state index >= 15 is 0 Å². The van der Waals surface area contributed by atoms with Crippen LogP contribution in [0.4, 0.5) is 5.69 Å². The summed E-state index contributed by atoms with van der Waals surface area (Å²) < 4.78 is 38.9. The molecule has 2 amide bonds. The predicted molar refractivity (Wildman–Crippen MR) is 141 cm³/mol. The summed E-state index contributed by atoms with van der Waals surface area (Å²) in [6.45, 7) is 1.15. The van der Waals surface area contributed by atoms with E-state index in [-0.39, 0.29) is 23.0 Å². The molecule has 0 fully saturated rings. The van der Waals surface area contributed by atoms with Crippen LogP contribution in [-0.2, 0) is 26.2 Å². The zero-order valence-electron chi connectivity index (χ0n) is 21.2. The Bertz CT molecular complexity index is 1310. The molecule has 3 aromatic rings. The fourth-order valence-corrected chi connectivity index (χ4v) is 5.19. The summed E-state index contributed by atoms with van der Waals surface area (Å²) in [7, 11) is 0.415. The van der Waals surface area contributed by atoms with Crippen LogP contribution in [0.15, 0.2) is 83.8 Å². The van der Waals surface area contributed by atoms with Crippen molar-refractivity contribution in [2.45, 2.75) is 24.4 Å². The number of nitrogens with one attached hydrogen (secondary N) is 1. The average Bonchev–Trinajstić information content (AvgIpc) is 2.94. The zero-order valence-corrected chi connectivity index (χ0v) is 22.1. The molecule has 0 aliphatic rings. The molecule has 0 heterocycles. The minimum Gasteiger partial charge on any atom is -0.497 e. The van der Waals surface area contributed by atoms with Crippen molar-refractivity contribution in [3.63, 3.8) is 0 Å². The number of benzene rings is 3. The van der Waals surface area contributed by atoms with Crippen molar-refractivity contribution >= 4 is 27.5 Å². The Morgan fingerprint density at radius 3 is 2.14 bits per heavy atom. The second-order valence-electron chi connectivity index (χ2n) is 8.19. The molecule has 0 aliphatic heterocycles. The van der Waals surface area contributed by atoms with E-state index in [1.54, 1.807) is 73.7 Å². The topological polar surface area (TPSA) is 105 Å². The molecule has 0 aromatic heterocycles. The Kier molecular flexibility index (Phi) is 9.13. The fraction of sp³-hybridized carbons (Fsp3) is 0.259. The summed E-state index contributed by atoms with van der Waals surface area (Å²) in [5.41, 5.74) is 1.01. The first kappa shape index (κ1) is 27.5. The molecular weight excluding hydrogens is 494 g/mol. The summed E-state index contributed by atoms with van der Waals surface area (Å²) >= 11 is 0. The van der Waals surface area contributed by atoms with Crippen LogP contribution in [0.5, 0.6) is 11.5 Å². The lowest BCUT2D eigenvalue weighted by molar-refractivity contribution is -0.139. The Morgan fingerprint density at radius 2 is 1.54 bits per heavy atom. The number of anilines is 1. The maximum atomic E-state index is 13.7. The standard InChI is InChI=1S/C27H31N3O6S/c1-20(27(32)28-2)29(18-21-9-8-10-24(17-21)36-4)26(31)19-30(22-13-15-23(35-3)16-14-22)37(33,34)25-11-6-5-7-12-25/h5-17,20H,18-19H2,1-4H3,(H,28,32)/t20-/m1/s1. The summed E-state index contributed by atoms with van der Waals surface area (Å²) in [5, 5.41) is 2.56. The van der Waals surface area contributed by atoms with Gasteiger partial charge < -0.3 is 19.7 Å². The van der Waals surface area contributed by atoms with E-state index in [1.807, 2.05) is 0 Å². The quantitative estimate of drug-likeness (QED) is 0.413. The SMILES string of the molecule is CNC(=O)[C@@H](C)N(Cc1cccc(OC)c1)C(=O)CN(c1ccc(OC)cc1)S(=O)(=O)c1ccccc1.